The van der Waals surface area contributed by atoms with Crippen molar-refractivity contribution in [1.29, 1.82) is 0 Å². The monoisotopic (exact) mass is 432 g/mol. The van der Waals surface area contributed by atoms with E-state index >= 15 is 0 Å². The summed E-state index contributed by atoms with van der Waals surface area (Å²) in [6.07, 6.45) is 6.54. The van der Waals surface area contributed by atoms with Crippen molar-refractivity contribution >= 4 is 28.7 Å². The first kappa shape index (κ1) is 19.8. The molecule has 0 bridgehead atoms. The number of hydrogen-bond donors (Lipinski definition) is 0. The number of rotatable bonds is 7. The number of carbonyl (C=O) groups is 1. The number of benzene rings is 2. The molecule has 1 aliphatic rings. The molecule has 1 aliphatic carbocycles. The Morgan fingerprint density at radius 1 is 1.10 bits per heavy atom. The van der Waals surface area contributed by atoms with Crippen LogP contribution in [0.2, 0.25) is 0 Å². The molecule has 1 amide bonds. The van der Waals surface area contributed by atoms with Crippen LogP contribution in [0.25, 0.3) is 16.7 Å². The van der Waals surface area contributed by atoms with Crippen LogP contribution in [0.4, 0.5) is 0 Å². The van der Waals surface area contributed by atoms with Gasteiger partial charge in [-0.1, -0.05) is 36.0 Å². The first-order valence-electron chi connectivity index (χ1n) is 10.5. The van der Waals surface area contributed by atoms with Gasteiger partial charge in [-0.25, -0.2) is 4.98 Å². The predicted molar refractivity (Wildman–Crippen MR) is 121 cm³/mol. The van der Waals surface area contributed by atoms with Gasteiger partial charge >= 0.3 is 0 Å². The molecule has 1 fully saturated rings. The molecule has 7 nitrogen and oxygen atoms in total. The van der Waals surface area contributed by atoms with Gasteiger partial charge in [-0.3, -0.25) is 4.79 Å². The summed E-state index contributed by atoms with van der Waals surface area (Å²) < 4.78 is 2.12. The summed E-state index contributed by atoms with van der Waals surface area (Å²) in [5.41, 5.74) is 3.47. The molecule has 0 aliphatic heterocycles. The molecule has 0 N–H and O–H groups in total. The third kappa shape index (κ3) is 3.83. The van der Waals surface area contributed by atoms with Gasteiger partial charge in [0.1, 0.15) is 0 Å². The number of nitrogens with zero attached hydrogens (tertiary/aromatic N) is 6. The Morgan fingerprint density at radius 3 is 2.58 bits per heavy atom. The molecule has 0 unspecified atom stereocenters. The summed E-state index contributed by atoms with van der Waals surface area (Å²) >= 11 is 1.70. The van der Waals surface area contributed by atoms with Crippen LogP contribution in [0, 0.1) is 0 Å². The smallest absolute Gasteiger partial charge is 0.256 e. The van der Waals surface area contributed by atoms with Crippen molar-refractivity contribution in [2.75, 3.05) is 12.3 Å². The van der Waals surface area contributed by atoms with Gasteiger partial charge in [-0.05, 0) is 43.5 Å². The number of thioether (sulfide) groups is 1. The van der Waals surface area contributed by atoms with E-state index in [4.69, 9.17) is 4.98 Å². The SMILES string of the molecule is Cn1c(SCCN(C(=O)c2ccccc2-n2nccn2)C2CCC2)nc2ccccc21. The van der Waals surface area contributed by atoms with E-state index in [2.05, 4.69) is 20.8 Å². The number of imidazole rings is 1. The maximum absolute atomic E-state index is 13.6. The fraction of sp³-hybridized carbons (Fsp3) is 0.304. The average Bonchev–Trinajstić information content (AvgIpc) is 3.40. The number of fused-ring (bicyclic) bond motifs is 1. The van der Waals surface area contributed by atoms with E-state index in [-0.39, 0.29) is 5.91 Å². The molecule has 31 heavy (non-hydrogen) atoms. The van der Waals surface area contributed by atoms with Crippen molar-refractivity contribution in [1.82, 2.24) is 29.4 Å². The molecule has 1 saturated carbocycles. The molecule has 0 saturated heterocycles. The molecule has 0 spiro atoms. The predicted octanol–water partition coefficient (Wildman–Crippen LogP) is 3.94. The molecule has 8 heteroatoms. The van der Waals surface area contributed by atoms with E-state index in [0.717, 1.165) is 34.8 Å². The van der Waals surface area contributed by atoms with E-state index in [1.807, 2.05) is 54.4 Å². The van der Waals surface area contributed by atoms with Crippen LogP contribution >= 0.6 is 11.8 Å². The molecule has 2 aromatic heterocycles. The van der Waals surface area contributed by atoms with Crippen LogP contribution in [0.15, 0.2) is 66.1 Å². The van der Waals surface area contributed by atoms with Gasteiger partial charge in [0.15, 0.2) is 5.16 Å². The second kappa shape index (κ2) is 8.55. The molecular weight excluding hydrogens is 408 g/mol. The maximum atomic E-state index is 13.6. The Balaban J connectivity index is 1.35. The summed E-state index contributed by atoms with van der Waals surface area (Å²) in [6.45, 7) is 0.679. The minimum atomic E-state index is 0.0446. The van der Waals surface area contributed by atoms with Crippen LogP contribution in [0.3, 0.4) is 0 Å². The third-order valence-electron chi connectivity index (χ3n) is 5.85. The third-order valence-corrected chi connectivity index (χ3v) is 6.86. The van der Waals surface area contributed by atoms with Crippen molar-refractivity contribution < 1.29 is 4.79 Å². The van der Waals surface area contributed by atoms with Crippen LogP contribution in [0.1, 0.15) is 29.6 Å². The van der Waals surface area contributed by atoms with Crippen molar-refractivity contribution in [3.63, 3.8) is 0 Å². The number of carbonyl (C=O) groups excluding carboxylic acids is 1. The lowest BCUT2D eigenvalue weighted by Gasteiger charge is -2.37. The highest BCUT2D eigenvalue weighted by atomic mass is 32.2. The molecule has 2 heterocycles. The van der Waals surface area contributed by atoms with Crippen molar-refractivity contribution in [3.8, 4) is 5.69 Å². The fourth-order valence-corrected chi connectivity index (χ4v) is 4.89. The molecule has 4 aromatic rings. The van der Waals surface area contributed by atoms with Crippen LogP contribution < -0.4 is 0 Å². The van der Waals surface area contributed by atoms with Crippen LogP contribution in [-0.2, 0) is 7.05 Å². The van der Waals surface area contributed by atoms with Gasteiger partial charge < -0.3 is 9.47 Å². The Labute approximate surface area is 185 Å². The Hall–Kier alpha value is -3.13. The summed E-state index contributed by atoms with van der Waals surface area (Å²) in [5, 5.41) is 9.41. The average molecular weight is 433 g/mol. The van der Waals surface area contributed by atoms with Gasteiger partial charge in [-0.15, -0.1) is 0 Å². The molecule has 0 atom stereocenters. The summed E-state index contributed by atoms with van der Waals surface area (Å²) in [5.74, 6) is 0.838. The minimum Gasteiger partial charge on any atom is -0.335 e. The molecule has 2 aromatic carbocycles. The van der Waals surface area contributed by atoms with Gasteiger partial charge in [0.2, 0.25) is 0 Å². The molecule has 5 rings (SSSR count). The fourth-order valence-electron chi connectivity index (χ4n) is 3.96. The van der Waals surface area contributed by atoms with E-state index in [1.54, 1.807) is 24.2 Å². The normalized spacial score (nSPS) is 14.0. The van der Waals surface area contributed by atoms with Gasteiger partial charge in [-0.2, -0.15) is 15.0 Å². The number of aryl methyl sites for hydroxylation is 1. The second-order valence-electron chi connectivity index (χ2n) is 7.71. The standard InChI is InChI=1S/C23H24N6OS/c1-27-21-12-5-3-10-19(21)26-23(27)31-16-15-28(17-7-6-8-17)22(30)18-9-2-4-11-20(18)29-24-13-14-25-29/h2-5,9-14,17H,6-8,15-16H2,1H3. The van der Waals surface area contributed by atoms with Gasteiger partial charge in [0.05, 0.1) is 34.7 Å². The van der Waals surface area contributed by atoms with E-state index in [0.29, 0.717) is 23.8 Å². The summed E-state index contributed by atoms with van der Waals surface area (Å²) in [6, 6.07) is 16.0. The molecular formula is C23H24N6OS. The number of aromatic nitrogens is 5. The highest BCUT2D eigenvalue weighted by molar-refractivity contribution is 7.99. The van der Waals surface area contributed by atoms with Crippen molar-refractivity contribution in [3.05, 3.63) is 66.5 Å². The zero-order valence-corrected chi connectivity index (χ0v) is 18.2. The zero-order chi connectivity index (χ0) is 21.2. The summed E-state index contributed by atoms with van der Waals surface area (Å²) in [4.78, 5) is 21.9. The maximum Gasteiger partial charge on any atom is 0.256 e. The Kier molecular flexibility index (Phi) is 5.46. The van der Waals surface area contributed by atoms with Crippen molar-refractivity contribution in [2.45, 2.75) is 30.5 Å². The van der Waals surface area contributed by atoms with E-state index in [1.165, 1.54) is 11.2 Å². The largest absolute Gasteiger partial charge is 0.335 e. The minimum absolute atomic E-state index is 0.0446. The zero-order valence-electron chi connectivity index (χ0n) is 17.4. The second-order valence-corrected chi connectivity index (χ2v) is 8.77. The lowest BCUT2D eigenvalue weighted by molar-refractivity contribution is 0.0598. The topological polar surface area (TPSA) is 68.8 Å². The first-order valence-corrected chi connectivity index (χ1v) is 11.5. The quantitative estimate of drug-likeness (QED) is 0.414. The molecule has 158 valence electrons. The highest BCUT2D eigenvalue weighted by Gasteiger charge is 2.30. The van der Waals surface area contributed by atoms with Crippen LogP contribution in [-0.4, -0.2) is 53.7 Å². The van der Waals surface area contributed by atoms with Crippen molar-refractivity contribution in [2.24, 2.45) is 7.05 Å². The lowest BCUT2D eigenvalue weighted by Crippen LogP contribution is -2.45. The highest BCUT2D eigenvalue weighted by Crippen LogP contribution is 2.29. The first-order chi connectivity index (χ1) is 15.2. The van der Waals surface area contributed by atoms with E-state index in [9.17, 15) is 4.79 Å². The Morgan fingerprint density at radius 2 is 1.84 bits per heavy atom. The Bertz CT molecular complexity index is 1200. The molecule has 0 radical (unpaired) electrons. The number of hydrogen-bond acceptors (Lipinski definition) is 5. The van der Waals surface area contributed by atoms with Gasteiger partial charge in [0.25, 0.3) is 5.91 Å². The van der Waals surface area contributed by atoms with E-state index < -0.39 is 0 Å². The summed E-state index contributed by atoms with van der Waals surface area (Å²) in [7, 11) is 2.04. The lowest BCUT2D eigenvalue weighted by atomic mass is 9.91. The van der Waals surface area contributed by atoms with Crippen LogP contribution in [0.5, 0.6) is 0 Å². The van der Waals surface area contributed by atoms with Gasteiger partial charge in [0, 0.05) is 25.4 Å². The number of para-hydroxylation sites is 3. The number of amides is 1.